The van der Waals surface area contributed by atoms with Crippen LogP contribution in [0.1, 0.15) is 61.3 Å². The van der Waals surface area contributed by atoms with Gasteiger partial charge in [-0.25, -0.2) is 9.67 Å². The lowest BCUT2D eigenvalue weighted by Gasteiger charge is -2.42. The van der Waals surface area contributed by atoms with Crippen molar-refractivity contribution in [2.45, 2.75) is 95.2 Å². The molecule has 3 fully saturated rings. The van der Waals surface area contributed by atoms with E-state index in [-0.39, 0.29) is 17.9 Å². The zero-order valence-corrected chi connectivity index (χ0v) is 27.9. The molecule has 0 aliphatic heterocycles. The van der Waals surface area contributed by atoms with Gasteiger partial charge in [0.1, 0.15) is 23.7 Å². The number of hydrogen-bond donors (Lipinski definition) is 1. The number of benzene rings is 1. The lowest BCUT2D eigenvalue weighted by Crippen LogP contribution is -2.44. The number of rotatable bonds is 11. The van der Waals surface area contributed by atoms with E-state index in [1.807, 2.05) is 24.3 Å². The molecular weight excluding hydrogens is 617 g/mol. The lowest BCUT2D eigenvalue weighted by molar-refractivity contribution is -0.116. The standard InChI is InChI=1S/C32H39Cl2N5O4Si/c1-44(2,3)12-11-41-18-39-27-15-22(16-35-31(27)36-38-39)32(40)20-9-10-21(32)14-23(13-20)42-17-24-29(37-43-30(24)19-7-8-19)28-25(33)5-4-6-26(28)34/h4-6,15-16,19-21,23,40H,7-14,17-18H2,1-3H3/t20-,21+,23+,32-. The van der Waals surface area contributed by atoms with Crippen molar-refractivity contribution in [3.8, 4) is 11.3 Å². The molecule has 0 unspecified atom stereocenters. The van der Waals surface area contributed by atoms with Crippen molar-refractivity contribution in [3.63, 3.8) is 0 Å². The first kappa shape index (κ1) is 30.3. The van der Waals surface area contributed by atoms with Crippen LogP contribution < -0.4 is 0 Å². The highest BCUT2D eigenvalue weighted by Crippen LogP contribution is 2.56. The summed E-state index contributed by atoms with van der Waals surface area (Å²) >= 11 is 13.1. The molecule has 4 aromatic rings. The largest absolute Gasteiger partial charge is 0.385 e. The Hall–Kier alpha value is -2.34. The van der Waals surface area contributed by atoms with Gasteiger partial charge in [0.25, 0.3) is 0 Å². The molecule has 1 aromatic carbocycles. The molecule has 9 nitrogen and oxygen atoms in total. The van der Waals surface area contributed by atoms with Crippen LogP contribution in [0.5, 0.6) is 0 Å². The average Bonchev–Trinajstić information content (AvgIpc) is 3.59. The predicted octanol–water partition coefficient (Wildman–Crippen LogP) is 7.57. The number of ether oxygens (including phenoxy) is 2. The smallest absolute Gasteiger partial charge is 0.201 e. The Balaban J connectivity index is 1.07. The molecule has 3 heterocycles. The number of aromatic nitrogens is 5. The molecule has 1 N–H and O–H groups in total. The van der Waals surface area contributed by atoms with Crippen molar-refractivity contribution in [2.75, 3.05) is 6.61 Å². The number of hydrogen-bond acceptors (Lipinski definition) is 8. The molecular formula is C32H39Cl2N5O4Si. The summed E-state index contributed by atoms with van der Waals surface area (Å²) in [7, 11) is -1.18. The maximum Gasteiger partial charge on any atom is 0.201 e. The van der Waals surface area contributed by atoms with Crippen molar-refractivity contribution < 1.29 is 19.1 Å². The zero-order chi connectivity index (χ0) is 30.6. The van der Waals surface area contributed by atoms with E-state index in [1.54, 1.807) is 10.9 Å². The number of halogens is 2. The minimum atomic E-state index is -1.18. The van der Waals surface area contributed by atoms with E-state index >= 15 is 0 Å². The molecule has 234 valence electrons. The van der Waals surface area contributed by atoms with Crippen LogP contribution in [0.4, 0.5) is 0 Å². The second kappa shape index (κ2) is 11.8. The number of nitrogens with zero attached hydrogens (tertiary/aromatic N) is 5. The molecule has 3 saturated carbocycles. The Labute approximate surface area is 268 Å². The summed E-state index contributed by atoms with van der Waals surface area (Å²) in [4.78, 5) is 4.59. The highest BCUT2D eigenvalue weighted by Gasteiger charge is 2.55. The minimum Gasteiger partial charge on any atom is -0.385 e. The number of pyridine rings is 1. The topological polar surface area (TPSA) is 108 Å². The van der Waals surface area contributed by atoms with Crippen LogP contribution in [0.3, 0.4) is 0 Å². The van der Waals surface area contributed by atoms with E-state index in [0.717, 1.165) is 67.0 Å². The van der Waals surface area contributed by atoms with E-state index in [4.69, 9.17) is 37.2 Å². The maximum atomic E-state index is 12.3. The van der Waals surface area contributed by atoms with Crippen molar-refractivity contribution >= 4 is 42.4 Å². The second-order valence-electron chi connectivity index (χ2n) is 13.9. The molecule has 4 atom stereocenters. The van der Waals surface area contributed by atoms with Crippen molar-refractivity contribution in [1.29, 1.82) is 0 Å². The van der Waals surface area contributed by atoms with E-state index in [0.29, 0.717) is 52.8 Å². The molecule has 3 aliphatic carbocycles. The van der Waals surface area contributed by atoms with E-state index < -0.39 is 13.7 Å². The molecule has 0 saturated heterocycles. The molecule has 2 bridgehead atoms. The van der Waals surface area contributed by atoms with Gasteiger partial charge in [0.15, 0.2) is 0 Å². The second-order valence-corrected chi connectivity index (χ2v) is 20.4. The molecule has 0 spiro atoms. The summed E-state index contributed by atoms with van der Waals surface area (Å²) in [5.74, 6) is 1.36. The molecule has 44 heavy (non-hydrogen) atoms. The quantitative estimate of drug-likeness (QED) is 0.130. The third kappa shape index (κ3) is 5.73. The minimum absolute atomic E-state index is 0.00736. The fourth-order valence-corrected chi connectivity index (χ4v) is 8.39. The third-order valence-corrected chi connectivity index (χ3v) is 12.0. The maximum absolute atomic E-state index is 12.3. The molecule has 0 radical (unpaired) electrons. The molecule has 0 amide bonds. The van der Waals surface area contributed by atoms with Gasteiger partial charge in [0.05, 0.1) is 28.4 Å². The van der Waals surface area contributed by atoms with Gasteiger partial charge < -0.3 is 19.1 Å². The Morgan fingerprint density at radius 2 is 1.82 bits per heavy atom. The number of fused-ring (bicyclic) bond motifs is 3. The van der Waals surface area contributed by atoms with Gasteiger partial charge in [-0.15, -0.1) is 5.10 Å². The first-order valence-electron chi connectivity index (χ1n) is 15.7. The average molecular weight is 657 g/mol. The first-order chi connectivity index (χ1) is 21.1. The van der Waals surface area contributed by atoms with Crippen LogP contribution in [0.15, 0.2) is 35.0 Å². The fourth-order valence-electron chi connectivity index (χ4n) is 7.06. The molecule has 3 aliphatic rings. The molecule has 3 aromatic heterocycles. The predicted molar refractivity (Wildman–Crippen MR) is 171 cm³/mol. The van der Waals surface area contributed by atoms with Crippen molar-refractivity contribution in [2.24, 2.45) is 11.8 Å². The summed E-state index contributed by atoms with van der Waals surface area (Å²) < 4.78 is 20.1. The van der Waals surface area contributed by atoms with Crippen LogP contribution in [0.25, 0.3) is 22.4 Å². The van der Waals surface area contributed by atoms with Gasteiger partial charge in [0.2, 0.25) is 5.65 Å². The van der Waals surface area contributed by atoms with Gasteiger partial charge in [-0.2, -0.15) is 0 Å². The Bertz CT molecular complexity index is 1630. The molecule has 12 heteroatoms. The third-order valence-electron chi connectivity index (χ3n) is 9.68. The Morgan fingerprint density at radius 3 is 2.50 bits per heavy atom. The molecule has 7 rings (SSSR count). The highest BCUT2D eigenvalue weighted by molar-refractivity contribution is 6.76. The fraction of sp³-hybridized carbons (Fsp3) is 0.562. The van der Waals surface area contributed by atoms with Crippen LogP contribution in [0, 0.1) is 11.8 Å². The van der Waals surface area contributed by atoms with Gasteiger partial charge in [-0.1, -0.05) is 59.3 Å². The van der Waals surface area contributed by atoms with Crippen molar-refractivity contribution in [3.05, 3.63) is 57.4 Å². The van der Waals surface area contributed by atoms with Crippen LogP contribution in [0.2, 0.25) is 35.7 Å². The number of aliphatic hydroxyl groups is 1. The van der Waals surface area contributed by atoms with Gasteiger partial charge in [-0.3, -0.25) is 0 Å². The summed E-state index contributed by atoms with van der Waals surface area (Å²) in [5, 5.41) is 26.2. The van der Waals surface area contributed by atoms with E-state index in [9.17, 15) is 5.11 Å². The van der Waals surface area contributed by atoms with Crippen molar-refractivity contribution in [1.82, 2.24) is 25.1 Å². The zero-order valence-electron chi connectivity index (χ0n) is 25.4. The van der Waals surface area contributed by atoms with E-state index in [2.05, 4.69) is 40.1 Å². The van der Waals surface area contributed by atoms with Crippen LogP contribution >= 0.6 is 23.2 Å². The summed E-state index contributed by atoms with van der Waals surface area (Å²) in [6, 6.07) is 8.55. The van der Waals surface area contributed by atoms with Gasteiger partial charge >= 0.3 is 0 Å². The Kier molecular flexibility index (Phi) is 8.12. The first-order valence-corrected chi connectivity index (χ1v) is 20.1. The van der Waals surface area contributed by atoms with Crippen LogP contribution in [-0.4, -0.2) is 51.0 Å². The lowest BCUT2D eigenvalue weighted by atomic mass is 9.70. The summed E-state index contributed by atoms with van der Waals surface area (Å²) in [6.07, 6.45) is 7.34. The summed E-state index contributed by atoms with van der Waals surface area (Å²) in [6.45, 7) is 8.38. The normalized spacial score (nSPS) is 25.3. The Morgan fingerprint density at radius 1 is 1.09 bits per heavy atom. The van der Waals surface area contributed by atoms with Gasteiger partial charge in [0, 0.05) is 43.5 Å². The van der Waals surface area contributed by atoms with E-state index in [1.165, 1.54) is 0 Å². The van der Waals surface area contributed by atoms with Gasteiger partial charge in [-0.05, 0) is 74.6 Å². The monoisotopic (exact) mass is 655 g/mol. The summed E-state index contributed by atoms with van der Waals surface area (Å²) in [5.41, 5.74) is 3.47. The SMILES string of the molecule is C[Si](C)(C)CCOCn1nnc2ncc([C@@]3(O)[C@@H]4CC[C@H]3C[C@@H](OCc3c(-c5c(Cl)cccc5Cl)noc3C3CC3)C4)cc21. The highest BCUT2D eigenvalue weighted by atomic mass is 35.5. The van der Waals surface area contributed by atoms with Crippen LogP contribution in [-0.2, 0) is 28.4 Å².